The van der Waals surface area contributed by atoms with Crippen molar-refractivity contribution in [1.82, 2.24) is 5.16 Å². The van der Waals surface area contributed by atoms with Gasteiger partial charge in [-0.25, -0.2) is 26.0 Å². The van der Waals surface area contributed by atoms with Gasteiger partial charge in [-0.05, 0) is 30.5 Å². The molecule has 0 aliphatic heterocycles. The van der Waals surface area contributed by atoms with Gasteiger partial charge >= 0.3 is 0 Å². The molecule has 0 unspecified atom stereocenters. The summed E-state index contributed by atoms with van der Waals surface area (Å²) in [5.41, 5.74) is -0.126. The zero-order valence-corrected chi connectivity index (χ0v) is 14.0. The number of benzene rings is 1. The van der Waals surface area contributed by atoms with E-state index < -0.39 is 38.6 Å². The van der Waals surface area contributed by atoms with Gasteiger partial charge in [0.05, 0.1) is 11.3 Å². The molecule has 4 nitrogen and oxygen atoms in total. The van der Waals surface area contributed by atoms with Gasteiger partial charge in [-0.15, -0.1) is 0 Å². The molecule has 1 aliphatic rings. The molecule has 0 amide bonds. The van der Waals surface area contributed by atoms with Crippen LogP contribution in [0.3, 0.4) is 0 Å². The number of aromatic nitrogens is 1. The molecule has 1 aliphatic carbocycles. The van der Waals surface area contributed by atoms with E-state index in [1.165, 1.54) is 0 Å². The van der Waals surface area contributed by atoms with E-state index in [0.717, 1.165) is 25.0 Å². The first-order valence-electron chi connectivity index (χ1n) is 7.67. The van der Waals surface area contributed by atoms with Gasteiger partial charge in [-0.1, -0.05) is 18.0 Å². The number of alkyl halides is 2. The lowest BCUT2D eigenvalue weighted by Crippen LogP contribution is -2.05. The van der Waals surface area contributed by atoms with Gasteiger partial charge < -0.3 is 4.52 Å². The van der Waals surface area contributed by atoms with Crippen LogP contribution in [0.2, 0.25) is 0 Å². The zero-order chi connectivity index (χ0) is 18.4. The summed E-state index contributed by atoms with van der Waals surface area (Å²) in [7, 11) is -4.14. The molecule has 0 radical (unpaired) electrons. The maximum absolute atomic E-state index is 14.2. The number of hydrogen-bond donors (Lipinski definition) is 0. The van der Waals surface area contributed by atoms with Gasteiger partial charge in [0, 0.05) is 12.2 Å². The van der Waals surface area contributed by atoms with E-state index in [9.17, 15) is 26.0 Å². The Hall–Kier alpha value is -1.90. The Bertz CT molecular complexity index is 879. The molecule has 0 atom stereocenters. The normalized spacial score (nSPS) is 16.1. The smallest absolute Gasteiger partial charge is 0.298 e. The number of hydrogen-bond acceptors (Lipinski definition) is 4. The van der Waals surface area contributed by atoms with Crippen LogP contribution in [0.4, 0.5) is 17.6 Å². The molecule has 1 saturated carbocycles. The average Bonchev–Trinajstić information content (AvgIpc) is 3.13. The predicted octanol–water partition coefficient (Wildman–Crippen LogP) is 4.62. The maximum Gasteiger partial charge on any atom is 0.298 e. The predicted molar refractivity (Wildman–Crippen MR) is 81.1 cm³/mol. The second-order valence-corrected chi connectivity index (χ2v) is 8.08. The lowest BCUT2D eigenvalue weighted by Gasteiger charge is -2.11. The van der Waals surface area contributed by atoms with Crippen molar-refractivity contribution in [1.29, 1.82) is 0 Å². The topological polar surface area (TPSA) is 60.2 Å². The van der Waals surface area contributed by atoms with Crippen LogP contribution >= 0.6 is 0 Å². The highest BCUT2D eigenvalue weighted by molar-refractivity contribution is 7.90. The Balaban J connectivity index is 2.20. The van der Waals surface area contributed by atoms with E-state index in [1.807, 2.05) is 0 Å². The molecule has 136 valence electrons. The fraction of sp³-hybridized carbons (Fsp3) is 0.438. The summed E-state index contributed by atoms with van der Waals surface area (Å²) in [6.07, 6.45) is 0.886. The highest BCUT2D eigenvalue weighted by Crippen LogP contribution is 2.43. The number of halogens is 4. The molecule has 1 heterocycles. The molecule has 0 N–H and O–H groups in total. The van der Waals surface area contributed by atoms with E-state index in [4.69, 9.17) is 4.52 Å². The fourth-order valence-electron chi connectivity index (χ4n) is 3.29. The quantitative estimate of drug-likeness (QED) is 0.730. The molecular weight excluding hydrogens is 362 g/mol. The summed E-state index contributed by atoms with van der Waals surface area (Å²) in [5, 5.41) is 3.71. The van der Waals surface area contributed by atoms with Crippen LogP contribution in [-0.2, 0) is 9.84 Å². The van der Waals surface area contributed by atoms with Crippen molar-refractivity contribution in [3.8, 4) is 11.1 Å². The fourth-order valence-corrected chi connectivity index (χ4v) is 4.12. The minimum atomic E-state index is -4.14. The molecule has 0 bridgehead atoms. The molecule has 25 heavy (non-hydrogen) atoms. The third-order valence-corrected chi connectivity index (χ3v) is 5.47. The summed E-state index contributed by atoms with van der Waals surface area (Å²) >= 11 is 0. The minimum Gasteiger partial charge on any atom is -0.354 e. The van der Waals surface area contributed by atoms with Gasteiger partial charge in [0.2, 0.25) is 5.76 Å². The summed E-state index contributed by atoms with van der Waals surface area (Å²) in [6, 6.07) is 1.46. The zero-order valence-electron chi connectivity index (χ0n) is 13.2. The molecule has 9 heteroatoms. The van der Waals surface area contributed by atoms with Crippen molar-refractivity contribution < 1.29 is 30.5 Å². The molecular formula is C16H15F4NO3S. The first-order chi connectivity index (χ1) is 11.7. The van der Waals surface area contributed by atoms with E-state index in [-0.39, 0.29) is 22.7 Å². The van der Waals surface area contributed by atoms with E-state index >= 15 is 0 Å². The highest BCUT2D eigenvalue weighted by atomic mass is 32.2. The Labute approximate surface area is 141 Å². The Morgan fingerprint density at radius 1 is 1.16 bits per heavy atom. The summed E-state index contributed by atoms with van der Waals surface area (Å²) in [5.74, 6) is -3.58. The molecule has 0 saturated heterocycles. The van der Waals surface area contributed by atoms with Crippen molar-refractivity contribution in [2.75, 3.05) is 6.26 Å². The third-order valence-electron chi connectivity index (χ3n) is 4.34. The number of sulfone groups is 1. The standard InChI is InChI=1S/C16H15F4NO3S/c1-25(22,23)15-10(17)6-9(7-11(15)18)12-13(8-4-2-3-5-8)21-24-14(12)16(19)20/h6-8,16H,2-5H2,1H3. The van der Waals surface area contributed by atoms with Gasteiger partial charge in [-0.3, -0.25) is 0 Å². The largest absolute Gasteiger partial charge is 0.354 e. The lowest BCUT2D eigenvalue weighted by atomic mass is 9.94. The third kappa shape index (κ3) is 3.29. The van der Waals surface area contributed by atoms with E-state index in [1.54, 1.807) is 0 Å². The number of nitrogens with zero attached hydrogens (tertiary/aromatic N) is 1. The van der Waals surface area contributed by atoms with Gasteiger partial charge in [0.25, 0.3) is 6.43 Å². The first kappa shape index (κ1) is 17.9. The molecule has 1 aromatic carbocycles. The highest BCUT2D eigenvalue weighted by Gasteiger charge is 2.32. The summed E-state index contributed by atoms with van der Waals surface area (Å²) in [6.45, 7) is 0. The van der Waals surface area contributed by atoms with Crippen LogP contribution in [0.15, 0.2) is 21.6 Å². The lowest BCUT2D eigenvalue weighted by molar-refractivity contribution is 0.112. The van der Waals surface area contributed by atoms with Crippen LogP contribution < -0.4 is 0 Å². The molecule has 3 rings (SSSR count). The molecule has 0 spiro atoms. The SMILES string of the molecule is CS(=O)(=O)c1c(F)cc(-c2c(C3CCCC3)noc2C(F)F)cc1F. The van der Waals surface area contributed by atoms with Gasteiger partial charge in [0.15, 0.2) is 9.84 Å². The van der Waals surface area contributed by atoms with Gasteiger partial charge in [-0.2, -0.15) is 0 Å². The Kier molecular flexibility index (Phi) is 4.61. The van der Waals surface area contributed by atoms with E-state index in [0.29, 0.717) is 19.1 Å². The van der Waals surface area contributed by atoms with Crippen molar-refractivity contribution in [3.05, 3.63) is 35.2 Å². The van der Waals surface area contributed by atoms with Gasteiger partial charge in [0.1, 0.15) is 16.5 Å². The van der Waals surface area contributed by atoms with Crippen molar-refractivity contribution >= 4 is 9.84 Å². The monoisotopic (exact) mass is 377 g/mol. The molecule has 1 aromatic heterocycles. The molecule has 1 fully saturated rings. The summed E-state index contributed by atoms with van der Waals surface area (Å²) < 4.78 is 82.6. The Morgan fingerprint density at radius 3 is 2.20 bits per heavy atom. The maximum atomic E-state index is 14.2. The Morgan fingerprint density at radius 2 is 1.72 bits per heavy atom. The van der Waals surface area contributed by atoms with Crippen LogP contribution in [0.1, 0.15) is 49.5 Å². The average molecular weight is 377 g/mol. The second kappa shape index (κ2) is 6.44. The van der Waals surface area contributed by atoms with Crippen LogP contribution in [-0.4, -0.2) is 19.8 Å². The van der Waals surface area contributed by atoms with Crippen molar-refractivity contribution in [2.24, 2.45) is 0 Å². The van der Waals surface area contributed by atoms with Crippen molar-refractivity contribution in [3.63, 3.8) is 0 Å². The van der Waals surface area contributed by atoms with Crippen LogP contribution in [0.25, 0.3) is 11.1 Å². The number of rotatable bonds is 4. The molecule has 2 aromatic rings. The second-order valence-electron chi connectivity index (χ2n) is 6.13. The minimum absolute atomic E-state index is 0.132. The first-order valence-corrected chi connectivity index (χ1v) is 9.56. The van der Waals surface area contributed by atoms with E-state index in [2.05, 4.69) is 5.16 Å². The van der Waals surface area contributed by atoms with Crippen LogP contribution in [0, 0.1) is 11.6 Å². The summed E-state index contributed by atoms with van der Waals surface area (Å²) in [4.78, 5) is -1.09. The van der Waals surface area contributed by atoms with Crippen LogP contribution in [0.5, 0.6) is 0 Å². The van der Waals surface area contributed by atoms with Crippen molar-refractivity contribution in [2.45, 2.75) is 42.9 Å².